The fraction of sp³-hybridized carbons (Fsp3) is 0.421. The fourth-order valence-electron chi connectivity index (χ4n) is 3.50. The second kappa shape index (κ2) is 8.04. The monoisotopic (exact) mass is 410 g/mol. The summed E-state index contributed by atoms with van der Waals surface area (Å²) in [7, 11) is 3.27. The predicted octanol–water partition coefficient (Wildman–Crippen LogP) is 3.10. The van der Waals surface area contributed by atoms with Gasteiger partial charge in [-0.15, -0.1) is 0 Å². The molecule has 1 saturated heterocycles. The third kappa shape index (κ3) is 4.54. The Labute approximate surface area is 164 Å². The molecule has 1 aliphatic rings. The van der Waals surface area contributed by atoms with Crippen LogP contribution in [0, 0.1) is 0 Å². The van der Waals surface area contributed by atoms with E-state index in [1.807, 2.05) is 37.3 Å². The molecule has 2 atom stereocenters. The second-order valence-corrected chi connectivity index (χ2v) is 9.41. The molecule has 1 aromatic heterocycles. The fourth-order valence-corrected chi connectivity index (χ4v) is 4.26. The van der Waals surface area contributed by atoms with Crippen molar-refractivity contribution in [3.8, 4) is 0 Å². The van der Waals surface area contributed by atoms with Gasteiger partial charge in [0.2, 0.25) is 0 Å². The van der Waals surface area contributed by atoms with Crippen molar-refractivity contribution >= 4 is 25.6 Å². The van der Waals surface area contributed by atoms with E-state index in [-0.39, 0.29) is 22.9 Å². The van der Waals surface area contributed by atoms with Crippen molar-refractivity contribution in [2.45, 2.75) is 43.4 Å². The highest BCUT2D eigenvalue weighted by Crippen LogP contribution is 2.25. The zero-order valence-corrected chi connectivity index (χ0v) is 16.9. The molecule has 2 aromatic rings. The van der Waals surface area contributed by atoms with E-state index in [4.69, 9.17) is 15.4 Å². The minimum absolute atomic E-state index is 0.00679. The van der Waals surface area contributed by atoms with Crippen LogP contribution in [0.1, 0.15) is 35.8 Å². The maximum atomic E-state index is 13.2. The smallest absolute Gasteiger partial charge is 0.270 e. The van der Waals surface area contributed by atoms with Crippen LogP contribution in [0.5, 0.6) is 0 Å². The van der Waals surface area contributed by atoms with Gasteiger partial charge in [-0.05, 0) is 31.4 Å². The summed E-state index contributed by atoms with van der Waals surface area (Å²) < 4.78 is 30.7. The summed E-state index contributed by atoms with van der Waals surface area (Å²) in [5.74, 6) is -0.195. The van der Waals surface area contributed by atoms with Crippen LogP contribution >= 0.6 is 10.7 Å². The van der Waals surface area contributed by atoms with Gasteiger partial charge in [-0.1, -0.05) is 30.3 Å². The zero-order valence-electron chi connectivity index (χ0n) is 15.3. The molecule has 8 heteroatoms. The molecule has 3 rings (SSSR count). The van der Waals surface area contributed by atoms with Gasteiger partial charge in [0.05, 0.1) is 6.10 Å². The minimum Gasteiger partial charge on any atom is -0.381 e. The Hall–Kier alpha value is -1.83. The van der Waals surface area contributed by atoms with Crippen molar-refractivity contribution in [1.82, 2.24) is 9.47 Å². The SMILES string of the molecule is COC1CCN(C(=O)c2cc(S(=O)(=O)Cl)cn2Cc2ccccc2)C(C)C1. The normalized spacial score (nSPS) is 20.6. The van der Waals surface area contributed by atoms with E-state index >= 15 is 0 Å². The number of halogens is 1. The molecule has 0 saturated carbocycles. The van der Waals surface area contributed by atoms with Crippen LogP contribution in [0.25, 0.3) is 0 Å². The molecule has 27 heavy (non-hydrogen) atoms. The molecule has 2 heterocycles. The van der Waals surface area contributed by atoms with E-state index in [9.17, 15) is 13.2 Å². The number of hydrogen-bond acceptors (Lipinski definition) is 4. The molecule has 6 nitrogen and oxygen atoms in total. The quantitative estimate of drug-likeness (QED) is 0.710. The highest BCUT2D eigenvalue weighted by molar-refractivity contribution is 8.13. The highest BCUT2D eigenvalue weighted by Gasteiger charge is 2.31. The van der Waals surface area contributed by atoms with Crippen molar-refractivity contribution in [2.75, 3.05) is 13.7 Å². The number of methoxy groups -OCH3 is 1. The molecule has 146 valence electrons. The summed E-state index contributed by atoms with van der Waals surface area (Å²) in [5.41, 5.74) is 1.28. The third-order valence-corrected chi connectivity index (χ3v) is 6.31. The van der Waals surface area contributed by atoms with E-state index in [0.717, 1.165) is 18.4 Å². The van der Waals surface area contributed by atoms with E-state index in [1.54, 1.807) is 16.6 Å². The standard InChI is InChI=1S/C19H23ClN2O4S/c1-14-10-16(26-2)8-9-22(14)19(23)18-11-17(27(20,24)25)13-21(18)12-15-6-4-3-5-7-15/h3-7,11,13-14,16H,8-10,12H2,1-2H3. The summed E-state index contributed by atoms with van der Waals surface area (Å²) in [6.07, 6.45) is 3.07. The molecule has 0 radical (unpaired) electrons. The van der Waals surface area contributed by atoms with Gasteiger partial charge in [0.25, 0.3) is 15.0 Å². The molecular formula is C19H23ClN2O4S. The maximum Gasteiger partial charge on any atom is 0.270 e. The number of likely N-dealkylation sites (tertiary alicyclic amines) is 1. The molecule has 0 aliphatic carbocycles. The van der Waals surface area contributed by atoms with Crippen molar-refractivity contribution in [3.05, 3.63) is 53.9 Å². The van der Waals surface area contributed by atoms with Crippen LogP contribution in [0.2, 0.25) is 0 Å². The van der Waals surface area contributed by atoms with Gasteiger partial charge in [0.1, 0.15) is 10.6 Å². The first-order valence-corrected chi connectivity index (χ1v) is 11.1. The first-order chi connectivity index (χ1) is 12.8. The lowest BCUT2D eigenvalue weighted by Crippen LogP contribution is -2.47. The first kappa shape index (κ1) is 19.9. The molecule has 1 aliphatic heterocycles. The van der Waals surface area contributed by atoms with Gasteiger partial charge in [-0.3, -0.25) is 4.79 Å². The minimum atomic E-state index is -3.93. The van der Waals surface area contributed by atoms with Gasteiger partial charge < -0.3 is 14.2 Å². The molecule has 1 amide bonds. The van der Waals surface area contributed by atoms with Gasteiger partial charge >= 0.3 is 0 Å². The largest absolute Gasteiger partial charge is 0.381 e. The number of nitrogens with zero attached hydrogens (tertiary/aromatic N) is 2. The topological polar surface area (TPSA) is 68.6 Å². The molecule has 1 aromatic carbocycles. The first-order valence-electron chi connectivity index (χ1n) is 8.82. The van der Waals surface area contributed by atoms with Crippen LogP contribution < -0.4 is 0 Å². The molecule has 0 spiro atoms. The van der Waals surface area contributed by atoms with Crippen LogP contribution in [0.15, 0.2) is 47.5 Å². The van der Waals surface area contributed by atoms with Crippen molar-refractivity contribution < 1.29 is 17.9 Å². The Morgan fingerprint density at radius 2 is 2.00 bits per heavy atom. The average molecular weight is 411 g/mol. The number of aromatic nitrogens is 1. The Kier molecular flexibility index (Phi) is 5.93. The number of amides is 1. The molecule has 0 bridgehead atoms. The van der Waals surface area contributed by atoms with Crippen molar-refractivity contribution in [1.29, 1.82) is 0 Å². The number of carbonyl (C=O) groups excluding carboxylic acids is 1. The summed E-state index contributed by atoms with van der Waals surface area (Å²) >= 11 is 0. The number of hydrogen-bond donors (Lipinski definition) is 0. The van der Waals surface area contributed by atoms with Crippen LogP contribution in [0.4, 0.5) is 0 Å². The van der Waals surface area contributed by atoms with E-state index in [1.165, 1.54) is 12.3 Å². The number of ether oxygens (including phenoxy) is 1. The summed E-state index contributed by atoms with van der Waals surface area (Å²) in [4.78, 5) is 14.9. The van der Waals surface area contributed by atoms with Crippen LogP contribution in [-0.2, 0) is 20.3 Å². The number of carbonyl (C=O) groups is 1. The Balaban J connectivity index is 1.93. The highest BCUT2D eigenvalue weighted by atomic mass is 35.7. The van der Waals surface area contributed by atoms with Crippen LogP contribution in [0.3, 0.4) is 0 Å². The number of rotatable bonds is 5. The van der Waals surface area contributed by atoms with Crippen molar-refractivity contribution in [2.24, 2.45) is 0 Å². The van der Waals surface area contributed by atoms with E-state index < -0.39 is 9.05 Å². The lowest BCUT2D eigenvalue weighted by molar-refractivity contribution is 0.0155. The number of benzene rings is 1. The van der Waals surface area contributed by atoms with Gasteiger partial charge in [-0.2, -0.15) is 0 Å². The summed E-state index contributed by atoms with van der Waals surface area (Å²) in [6, 6.07) is 10.9. The average Bonchev–Trinajstić information content (AvgIpc) is 3.06. The van der Waals surface area contributed by atoms with E-state index in [0.29, 0.717) is 18.8 Å². The van der Waals surface area contributed by atoms with E-state index in [2.05, 4.69) is 0 Å². The Morgan fingerprint density at radius 3 is 2.59 bits per heavy atom. The second-order valence-electron chi connectivity index (χ2n) is 6.84. The summed E-state index contributed by atoms with van der Waals surface area (Å²) in [5, 5.41) is 0. The molecule has 2 unspecified atom stereocenters. The number of piperidine rings is 1. The molecule has 1 fully saturated rings. The lowest BCUT2D eigenvalue weighted by atomic mass is 10.00. The van der Waals surface area contributed by atoms with Crippen molar-refractivity contribution in [3.63, 3.8) is 0 Å². The Bertz CT molecular complexity index is 911. The maximum absolute atomic E-state index is 13.2. The van der Waals surface area contributed by atoms with Gasteiger partial charge in [0, 0.05) is 43.1 Å². The predicted molar refractivity (Wildman–Crippen MR) is 104 cm³/mol. The molecular weight excluding hydrogens is 388 g/mol. The van der Waals surface area contributed by atoms with Gasteiger partial charge in [0.15, 0.2) is 0 Å². The Morgan fingerprint density at radius 1 is 1.30 bits per heavy atom. The van der Waals surface area contributed by atoms with Gasteiger partial charge in [-0.25, -0.2) is 8.42 Å². The molecule has 0 N–H and O–H groups in total. The zero-order chi connectivity index (χ0) is 19.6. The van der Waals surface area contributed by atoms with Crippen LogP contribution in [-0.4, -0.2) is 49.6 Å². The third-order valence-electron chi connectivity index (χ3n) is 4.99. The summed E-state index contributed by atoms with van der Waals surface area (Å²) in [6.45, 7) is 2.93. The lowest BCUT2D eigenvalue weighted by Gasteiger charge is -2.37.